The number of carbonyl (C=O) groups excluding carboxylic acids is 1. The second-order valence-corrected chi connectivity index (χ2v) is 3.21. The van der Waals surface area contributed by atoms with Crippen LogP contribution in [0, 0.1) is 11.3 Å². The molecular weight excluding hydrogens is 226 g/mol. The van der Waals surface area contributed by atoms with E-state index >= 15 is 0 Å². The molecule has 2 unspecified atom stereocenters. The second kappa shape index (κ2) is 5.25. The lowest BCUT2D eigenvalue weighted by Crippen LogP contribution is -2.18. The van der Waals surface area contributed by atoms with E-state index in [1.807, 2.05) is 0 Å². The molecular formula is C10H11N3O4. The van der Waals surface area contributed by atoms with Crippen LogP contribution in [0.4, 0.5) is 5.82 Å². The predicted molar refractivity (Wildman–Crippen MR) is 56.6 cm³/mol. The zero-order valence-corrected chi connectivity index (χ0v) is 8.99. The fourth-order valence-electron chi connectivity index (χ4n) is 1.20. The van der Waals surface area contributed by atoms with Gasteiger partial charge in [-0.15, -0.1) is 0 Å². The van der Waals surface area contributed by atoms with Crippen LogP contribution < -0.4 is 5.73 Å². The molecule has 0 radical (unpaired) electrons. The van der Waals surface area contributed by atoms with Crippen molar-refractivity contribution in [1.29, 1.82) is 5.26 Å². The summed E-state index contributed by atoms with van der Waals surface area (Å²) in [7, 11) is 1.19. The van der Waals surface area contributed by atoms with E-state index in [0.717, 1.165) is 0 Å². The van der Waals surface area contributed by atoms with Gasteiger partial charge < -0.3 is 20.7 Å². The van der Waals surface area contributed by atoms with Gasteiger partial charge in [-0.3, -0.25) is 0 Å². The molecule has 1 heterocycles. The van der Waals surface area contributed by atoms with Crippen LogP contribution in [-0.2, 0) is 4.74 Å². The second-order valence-electron chi connectivity index (χ2n) is 3.21. The zero-order chi connectivity index (χ0) is 13.0. The Hall–Kier alpha value is -2.17. The Balaban J connectivity index is 3.15. The summed E-state index contributed by atoms with van der Waals surface area (Å²) in [6.07, 6.45) is -2.00. The molecule has 0 aliphatic rings. The Kier molecular flexibility index (Phi) is 3.98. The minimum absolute atomic E-state index is 0.00181. The largest absolute Gasteiger partial charge is 0.465 e. The van der Waals surface area contributed by atoms with E-state index in [2.05, 4.69) is 9.72 Å². The minimum Gasteiger partial charge on any atom is -0.465 e. The Labute approximate surface area is 97.1 Å². The van der Waals surface area contributed by atoms with E-state index in [-0.39, 0.29) is 16.9 Å². The lowest BCUT2D eigenvalue weighted by molar-refractivity contribution is 0.0524. The molecule has 0 bridgehead atoms. The van der Waals surface area contributed by atoms with Crippen molar-refractivity contribution in [3.63, 3.8) is 0 Å². The fourth-order valence-corrected chi connectivity index (χ4v) is 1.20. The summed E-state index contributed by atoms with van der Waals surface area (Å²) in [6.45, 7) is 0. The van der Waals surface area contributed by atoms with Gasteiger partial charge in [0.2, 0.25) is 0 Å². The number of hydrogen-bond donors (Lipinski definition) is 3. The van der Waals surface area contributed by atoms with Crippen molar-refractivity contribution in [2.75, 3.05) is 12.8 Å². The highest BCUT2D eigenvalue weighted by molar-refractivity contribution is 5.89. The maximum absolute atomic E-state index is 11.2. The molecule has 1 rings (SSSR count). The highest BCUT2D eigenvalue weighted by Gasteiger charge is 2.22. The summed E-state index contributed by atoms with van der Waals surface area (Å²) in [4.78, 5) is 14.9. The van der Waals surface area contributed by atoms with Gasteiger partial charge in [0.25, 0.3) is 0 Å². The minimum atomic E-state index is -1.65. The summed E-state index contributed by atoms with van der Waals surface area (Å²) in [5, 5.41) is 27.3. The Morgan fingerprint density at radius 2 is 2.29 bits per heavy atom. The molecule has 0 aliphatic carbocycles. The van der Waals surface area contributed by atoms with Crippen molar-refractivity contribution in [1.82, 2.24) is 4.98 Å². The number of aliphatic hydroxyl groups excluding tert-OH is 2. The summed E-state index contributed by atoms with van der Waals surface area (Å²) >= 11 is 0. The van der Waals surface area contributed by atoms with Gasteiger partial charge in [0.15, 0.2) is 6.10 Å². The van der Waals surface area contributed by atoms with E-state index in [1.165, 1.54) is 25.4 Å². The number of pyridine rings is 1. The molecule has 90 valence electrons. The molecule has 0 saturated heterocycles. The molecule has 0 saturated carbocycles. The maximum Gasteiger partial charge on any atom is 0.339 e. The summed E-state index contributed by atoms with van der Waals surface area (Å²) < 4.78 is 4.47. The van der Waals surface area contributed by atoms with E-state index < -0.39 is 18.2 Å². The fraction of sp³-hybridized carbons (Fsp3) is 0.300. The molecule has 0 aliphatic heterocycles. The van der Waals surface area contributed by atoms with E-state index in [4.69, 9.17) is 11.0 Å². The number of nitriles is 1. The highest BCUT2D eigenvalue weighted by atomic mass is 16.5. The molecule has 7 nitrogen and oxygen atoms in total. The van der Waals surface area contributed by atoms with Gasteiger partial charge in [0.05, 0.1) is 18.7 Å². The number of esters is 1. The SMILES string of the molecule is COC(=O)c1cnc(N)c(C(O)C(O)C#N)c1. The maximum atomic E-state index is 11.2. The topological polar surface area (TPSA) is 129 Å². The van der Waals surface area contributed by atoms with Gasteiger partial charge in [-0.25, -0.2) is 9.78 Å². The number of methoxy groups -OCH3 is 1. The molecule has 17 heavy (non-hydrogen) atoms. The van der Waals surface area contributed by atoms with Crippen molar-refractivity contribution in [2.45, 2.75) is 12.2 Å². The lowest BCUT2D eigenvalue weighted by Gasteiger charge is -2.14. The first-order chi connectivity index (χ1) is 8.01. The van der Waals surface area contributed by atoms with Crippen molar-refractivity contribution in [2.24, 2.45) is 0 Å². The van der Waals surface area contributed by atoms with Gasteiger partial charge >= 0.3 is 5.97 Å². The van der Waals surface area contributed by atoms with Crippen LogP contribution >= 0.6 is 0 Å². The summed E-state index contributed by atoms with van der Waals surface area (Å²) in [5.41, 5.74) is 5.55. The first-order valence-corrected chi connectivity index (χ1v) is 4.60. The number of ether oxygens (including phenoxy) is 1. The number of rotatable bonds is 3. The van der Waals surface area contributed by atoms with Crippen LogP contribution in [0.1, 0.15) is 22.0 Å². The van der Waals surface area contributed by atoms with Gasteiger partial charge in [0.1, 0.15) is 11.9 Å². The average Bonchev–Trinajstić information content (AvgIpc) is 2.36. The molecule has 2 atom stereocenters. The van der Waals surface area contributed by atoms with Crippen LogP contribution in [0.5, 0.6) is 0 Å². The number of aliphatic hydroxyl groups is 2. The molecule has 1 aromatic heterocycles. The smallest absolute Gasteiger partial charge is 0.339 e. The van der Waals surface area contributed by atoms with Crippen LogP contribution in [-0.4, -0.2) is 34.4 Å². The van der Waals surface area contributed by atoms with Crippen molar-refractivity contribution < 1.29 is 19.7 Å². The van der Waals surface area contributed by atoms with Crippen molar-refractivity contribution in [3.8, 4) is 6.07 Å². The van der Waals surface area contributed by atoms with E-state index in [9.17, 15) is 15.0 Å². The number of aromatic nitrogens is 1. The predicted octanol–water partition coefficient (Wildman–Crippen LogP) is -0.632. The summed E-state index contributed by atoms with van der Waals surface area (Å²) in [5.74, 6) is -0.725. The molecule has 7 heteroatoms. The van der Waals surface area contributed by atoms with Crippen LogP contribution in [0.25, 0.3) is 0 Å². The summed E-state index contributed by atoms with van der Waals surface area (Å²) in [6, 6.07) is 2.68. The number of anilines is 1. The Morgan fingerprint density at radius 1 is 1.65 bits per heavy atom. The molecule has 0 fully saturated rings. The molecule has 0 spiro atoms. The monoisotopic (exact) mass is 237 g/mol. The third kappa shape index (κ3) is 2.69. The molecule has 0 amide bonds. The van der Waals surface area contributed by atoms with Crippen molar-refractivity contribution in [3.05, 3.63) is 23.4 Å². The van der Waals surface area contributed by atoms with Crippen molar-refractivity contribution >= 4 is 11.8 Å². The Bertz CT molecular complexity index is 469. The first kappa shape index (κ1) is 12.9. The van der Waals surface area contributed by atoms with Gasteiger partial charge in [-0.05, 0) is 6.07 Å². The third-order valence-corrected chi connectivity index (χ3v) is 2.12. The third-order valence-electron chi connectivity index (χ3n) is 2.12. The van der Waals surface area contributed by atoms with Gasteiger partial charge in [-0.2, -0.15) is 5.26 Å². The number of nitrogen functional groups attached to an aromatic ring is 1. The number of nitrogens with zero attached hydrogens (tertiary/aromatic N) is 2. The zero-order valence-electron chi connectivity index (χ0n) is 8.99. The van der Waals surface area contributed by atoms with Crippen LogP contribution in [0.2, 0.25) is 0 Å². The highest BCUT2D eigenvalue weighted by Crippen LogP contribution is 2.22. The van der Waals surface area contributed by atoms with E-state index in [1.54, 1.807) is 0 Å². The van der Waals surface area contributed by atoms with Crippen LogP contribution in [0.15, 0.2) is 12.3 Å². The molecule has 0 aromatic carbocycles. The van der Waals surface area contributed by atoms with E-state index in [0.29, 0.717) is 0 Å². The standard InChI is InChI=1S/C10H11N3O4/c1-17-10(16)5-2-6(9(12)13-4-5)8(15)7(14)3-11/h2,4,7-8,14-15H,1H3,(H2,12,13). The first-order valence-electron chi connectivity index (χ1n) is 4.60. The molecule has 4 N–H and O–H groups in total. The lowest BCUT2D eigenvalue weighted by atomic mass is 10.0. The van der Waals surface area contributed by atoms with Crippen LogP contribution in [0.3, 0.4) is 0 Å². The number of hydrogen-bond acceptors (Lipinski definition) is 7. The Morgan fingerprint density at radius 3 is 2.82 bits per heavy atom. The molecule has 1 aromatic rings. The van der Waals surface area contributed by atoms with Gasteiger partial charge in [0, 0.05) is 11.8 Å². The normalized spacial score (nSPS) is 13.5. The number of carbonyl (C=O) groups is 1. The van der Waals surface area contributed by atoms with Gasteiger partial charge in [-0.1, -0.05) is 0 Å². The quantitative estimate of drug-likeness (QED) is 0.471. The number of nitrogens with two attached hydrogens (primary N) is 1. The average molecular weight is 237 g/mol.